The van der Waals surface area contributed by atoms with Crippen molar-refractivity contribution < 1.29 is 8.42 Å². The van der Waals surface area contributed by atoms with Crippen molar-refractivity contribution >= 4 is 32.7 Å². The van der Waals surface area contributed by atoms with Crippen molar-refractivity contribution in [2.75, 3.05) is 15.9 Å². The number of nitrogens with zero attached hydrogens (tertiary/aromatic N) is 4. The van der Waals surface area contributed by atoms with E-state index in [1.54, 1.807) is 6.07 Å². The molecule has 3 aromatic carbocycles. The first kappa shape index (κ1) is 20.5. The van der Waals surface area contributed by atoms with Crippen LogP contribution in [-0.4, -0.2) is 25.1 Å². The molecule has 0 aliphatic carbocycles. The van der Waals surface area contributed by atoms with Crippen LogP contribution in [-0.2, 0) is 16.6 Å². The molecule has 0 radical (unpaired) electrons. The third kappa shape index (κ3) is 3.48. The Morgan fingerprint density at radius 3 is 2.09 bits per heavy atom. The molecule has 0 unspecified atom stereocenters. The molecule has 0 spiro atoms. The maximum absolute atomic E-state index is 13.7. The van der Waals surface area contributed by atoms with E-state index in [2.05, 4.69) is 24.3 Å². The zero-order chi connectivity index (χ0) is 22.5. The number of anilines is 2. The highest BCUT2D eigenvalue weighted by atomic mass is 32.2. The number of aryl methyl sites for hydroxylation is 3. The summed E-state index contributed by atoms with van der Waals surface area (Å²) in [6, 6.07) is 21.2. The van der Waals surface area contributed by atoms with Crippen molar-refractivity contribution in [2.24, 2.45) is 0 Å². The second-order valence-corrected chi connectivity index (χ2v) is 10.1. The molecule has 0 N–H and O–H groups in total. The van der Waals surface area contributed by atoms with Gasteiger partial charge in [-0.05, 0) is 50.1 Å². The third-order valence-corrected chi connectivity index (χ3v) is 7.64. The monoisotopic (exact) mass is 444 g/mol. The van der Waals surface area contributed by atoms with Gasteiger partial charge in [0, 0.05) is 6.54 Å². The van der Waals surface area contributed by atoms with Crippen molar-refractivity contribution in [3.63, 3.8) is 0 Å². The Morgan fingerprint density at radius 1 is 0.812 bits per heavy atom. The number of hydrogen-bond acceptors (Lipinski definition) is 5. The highest BCUT2D eigenvalue weighted by Gasteiger charge is 2.38. The van der Waals surface area contributed by atoms with E-state index in [-0.39, 0.29) is 6.67 Å². The van der Waals surface area contributed by atoms with Gasteiger partial charge in [-0.2, -0.15) is 0 Å². The fraction of sp³-hybridized carbons (Fsp3) is 0.200. The molecule has 0 bridgehead atoms. The molecular formula is C25H24N4O2S. The molecule has 0 atom stereocenters. The Labute approximate surface area is 188 Å². The summed E-state index contributed by atoms with van der Waals surface area (Å²) in [5.41, 5.74) is 5.42. The van der Waals surface area contributed by atoms with Gasteiger partial charge in [0.15, 0.2) is 11.6 Å². The van der Waals surface area contributed by atoms with Gasteiger partial charge in [0.1, 0.15) is 6.67 Å². The lowest BCUT2D eigenvalue weighted by Crippen LogP contribution is -2.36. The van der Waals surface area contributed by atoms with Crippen molar-refractivity contribution in [1.82, 2.24) is 9.97 Å². The average molecular weight is 445 g/mol. The number of hydrogen-bond donors (Lipinski definition) is 0. The Kier molecular flexibility index (Phi) is 4.86. The summed E-state index contributed by atoms with van der Waals surface area (Å²) in [4.78, 5) is 11.8. The molecule has 2 heterocycles. The van der Waals surface area contributed by atoms with E-state index < -0.39 is 10.0 Å². The van der Waals surface area contributed by atoms with Gasteiger partial charge in [-0.1, -0.05) is 59.7 Å². The second kappa shape index (κ2) is 7.60. The highest BCUT2D eigenvalue weighted by Crippen LogP contribution is 2.39. The van der Waals surface area contributed by atoms with E-state index in [1.165, 1.54) is 9.87 Å². The van der Waals surface area contributed by atoms with Crippen molar-refractivity contribution in [1.29, 1.82) is 0 Å². The Bertz CT molecular complexity index is 1430. The fourth-order valence-corrected chi connectivity index (χ4v) is 5.67. The summed E-state index contributed by atoms with van der Waals surface area (Å²) in [5, 5.41) is 0. The summed E-state index contributed by atoms with van der Waals surface area (Å²) in [7, 11) is -3.81. The van der Waals surface area contributed by atoms with Gasteiger partial charge in [-0.3, -0.25) is 0 Å². The standard InChI is InChI=1S/C25H24N4O2S/c1-17-8-11-20(12-9-17)15-28-16-29(32(30,31)23-13-10-18(2)14-19(23)3)25-24(28)26-21-6-4-5-7-22(21)27-25/h4-14H,15-16H2,1-3H3. The molecule has 5 rings (SSSR count). The second-order valence-electron chi connectivity index (χ2n) is 8.31. The molecular weight excluding hydrogens is 420 g/mol. The van der Waals surface area contributed by atoms with E-state index in [9.17, 15) is 8.42 Å². The van der Waals surface area contributed by atoms with Crippen LogP contribution in [0.15, 0.2) is 71.6 Å². The minimum absolute atomic E-state index is 0.162. The lowest BCUT2D eigenvalue weighted by Gasteiger charge is -2.21. The average Bonchev–Trinajstić information content (AvgIpc) is 3.11. The van der Waals surface area contributed by atoms with E-state index in [4.69, 9.17) is 9.97 Å². The molecule has 0 saturated heterocycles. The van der Waals surface area contributed by atoms with Crippen LogP contribution in [0.4, 0.5) is 11.6 Å². The first-order valence-electron chi connectivity index (χ1n) is 10.5. The first-order valence-corrected chi connectivity index (χ1v) is 11.9. The minimum Gasteiger partial charge on any atom is -0.330 e. The van der Waals surface area contributed by atoms with Crippen LogP contribution in [0.25, 0.3) is 11.0 Å². The lowest BCUT2D eigenvalue weighted by molar-refractivity contribution is 0.590. The quantitative estimate of drug-likeness (QED) is 0.455. The van der Waals surface area contributed by atoms with E-state index >= 15 is 0 Å². The van der Waals surface area contributed by atoms with E-state index in [1.807, 2.05) is 62.1 Å². The topological polar surface area (TPSA) is 66.4 Å². The summed E-state index contributed by atoms with van der Waals surface area (Å²) >= 11 is 0. The van der Waals surface area contributed by atoms with Crippen molar-refractivity contribution in [2.45, 2.75) is 32.2 Å². The molecule has 6 nitrogen and oxygen atoms in total. The van der Waals surface area contributed by atoms with Crippen LogP contribution in [0.1, 0.15) is 22.3 Å². The van der Waals surface area contributed by atoms with Crippen LogP contribution in [0.2, 0.25) is 0 Å². The molecule has 1 aromatic heterocycles. The van der Waals surface area contributed by atoms with Gasteiger partial charge < -0.3 is 4.90 Å². The van der Waals surface area contributed by atoms with Gasteiger partial charge in [0.2, 0.25) is 0 Å². The molecule has 0 saturated carbocycles. The number of fused-ring (bicyclic) bond motifs is 2. The highest BCUT2D eigenvalue weighted by molar-refractivity contribution is 7.93. The SMILES string of the molecule is Cc1ccc(CN2CN(S(=O)(=O)c3ccc(C)cc3C)c3nc4ccccc4nc32)cc1. The third-order valence-electron chi connectivity index (χ3n) is 5.76. The normalized spacial score (nSPS) is 13.6. The summed E-state index contributed by atoms with van der Waals surface area (Å²) in [6.45, 7) is 6.53. The molecule has 7 heteroatoms. The number of para-hydroxylation sites is 2. The van der Waals surface area contributed by atoms with Gasteiger partial charge in [0.25, 0.3) is 10.0 Å². The summed E-state index contributed by atoms with van der Waals surface area (Å²) in [6.07, 6.45) is 0. The predicted octanol–water partition coefficient (Wildman–Crippen LogP) is 4.73. The first-order chi connectivity index (χ1) is 15.3. The van der Waals surface area contributed by atoms with Crippen LogP contribution in [0.5, 0.6) is 0 Å². The number of aromatic nitrogens is 2. The minimum atomic E-state index is -3.81. The lowest BCUT2D eigenvalue weighted by atomic mass is 10.1. The van der Waals surface area contributed by atoms with Gasteiger partial charge >= 0.3 is 0 Å². The van der Waals surface area contributed by atoms with Gasteiger partial charge in [0.05, 0.1) is 15.9 Å². The largest absolute Gasteiger partial charge is 0.330 e. The Morgan fingerprint density at radius 2 is 1.44 bits per heavy atom. The van der Waals surface area contributed by atoms with E-state index in [0.29, 0.717) is 28.6 Å². The van der Waals surface area contributed by atoms with Crippen LogP contribution >= 0.6 is 0 Å². The van der Waals surface area contributed by atoms with Gasteiger partial charge in [-0.15, -0.1) is 0 Å². The zero-order valence-corrected chi connectivity index (χ0v) is 19.1. The predicted molar refractivity (Wildman–Crippen MR) is 127 cm³/mol. The zero-order valence-electron chi connectivity index (χ0n) is 18.3. The fourth-order valence-electron chi connectivity index (χ4n) is 4.09. The molecule has 0 fully saturated rings. The number of rotatable bonds is 4. The van der Waals surface area contributed by atoms with Crippen molar-refractivity contribution in [3.05, 3.63) is 89.0 Å². The Hall–Kier alpha value is -3.45. The van der Waals surface area contributed by atoms with E-state index in [0.717, 1.165) is 22.2 Å². The molecule has 162 valence electrons. The smallest absolute Gasteiger partial charge is 0.267 e. The summed E-state index contributed by atoms with van der Waals surface area (Å²) in [5.74, 6) is 0.952. The summed E-state index contributed by atoms with van der Waals surface area (Å²) < 4.78 is 28.9. The molecule has 4 aromatic rings. The maximum Gasteiger partial charge on any atom is 0.267 e. The molecule has 32 heavy (non-hydrogen) atoms. The number of sulfonamides is 1. The molecule has 0 amide bonds. The number of benzene rings is 3. The van der Waals surface area contributed by atoms with Crippen LogP contribution in [0.3, 0.4) is 0 Å². The van der Waals surface area contributed by atoms with Crippen LogP contribution in [0, 0.1) is 20.8 Å². The maximum atomic E-state index is 13.7. The van der Waals surface area contributed by atoms with Crippen molar-refractivity contribution in [3.8, 4) is 0 Å². The molecule has 1 aliphatic rings. The van der Waals surface area contributed by atoms with Crippen LogP contribution < -0.4 is 9.21 Å². The Balaban J connectivity index is 1.63. The molecule has 1 aliphatic heterocycles. The van der Waals surface area contributed by atoms with Gasteiger partial charge in [-0.25, -0.2) is 22.7 Å².